The van der Waals surface area contributed by atoms with Crippen molar-refractivity contribution >= 4 is 69.3 Å². The highest BCUT2D eigenvalue weighted by atomic mass is 16.7. The molecule has 308 valence electrons. The van der Waals surface area contributed by atoms with Crippen molar-refractivity contribution in [3.8, 4) is 44.5 Å². The molecule has 9 heteroatoms. The number of fused-ring (bicyclic) bond motifs is 10. The Kier molecular flexibility index (Phi) is 8.85. The van der Waals surface area contributed by atoms with Gasteiger partial charge in [-0.25, -0.2) is 9.97 Å². The minimum absolute atomic E-state index is 0.234. The van der Waals surface area contributed by atoms with Crippen molar-refractivity contribution in [1.82, 2.24) is 19.9 Å². The summed E-state index contributed by atoms with van der Waals surface area (Å²) >= 11 is 0. The van der Waals surface area contributed by atoms with E-state index in [-0.39, 0.29) is 5.91 Å². The van der Waals surface area contributed by atoms with E-state index in [2.05, 4.69) is 155 Å². The van der Waals surface area contributed by atoms with Crippen LogP contribution in [0, 0.1) is 0 Å². The van der Waals surface area contributed by atoms with Crippen molar-refractivity contribution in [1.29, 1.82) is 0 Å². The number of nitrogens with one attached hydrogen (secondary N) is 3. The number of rotatable bonds is 6. The van der Waals surface area contributed by atoms with E-state index in [1.165, 1.54) is 0 Å². The summed E-state index contributed by atoms with van der Waals surface area (Å²) in [7, 11) is 1.76. The van der Waals surface area contributed by atoms with E-state index in [0.717, 1.165) is 106 Å². The van der Waals surface area contributed by atoms with E-state index in [9.17, 15) is 4.79 Å². The molecule has 0 unspecified atom stereocenters. The second-order valence-corrected chi connectivity index (χ2v) is 16.2. The van der Waals surface area contributed by atoms with Gasteiger partial charge in [0.25, 0.3) is 11.7 Å². The molecule has 8 aromatic rings. The number of aromatic amines is 2. The van der Waals surface area contributed by atoms with Crippen LogP contribution in [0.15, 0.2) is 158 Å². The first-order valence-electron chi connectivity index (χ1n) is 21.4. The third-order valence-electron chi connectivity index (χ3n) is 12.4. The molecule has 1 fully saturated rings. The molecule has 4 aliphatic heterocycles. The van der Waals surface area contributed by atoms with Gasteiger partial charge in [-0.15, -0.1) is 0 Å². The fourth-order valence-electron chi connectivity index (χ4n) is 9.48. The summed E-state index contributed by atoms with van der Waals surface area (Å²) in [6, 6.07) is 54.0. The lowest BCUT2D eigenvalue weighted by Gasteiger charge is -2.20. The van der Waals surface area contributed by atoms with Crippen LogP contribution in [0.3, 0.4) is 0 Å². The SMILES string of the molecule is CN1C(=O)C2(OCCO2)c2cc(Nc3cc4[nH]c3c(-c3ccccc3)c3nc(c(-c5ccccc5)c5ccc([nH]5)c(-c5ccccc5)c5nc(c4-c4ccccc4)C=C5)C=C3)ccc21. The fraction of sp³-hybridized carbons (Fsp3) is 0.0727. The largest absolute Gasteiger partial charge is 0.354 e. The highest BCUT2D eigenvalue weighted by Gasteiger charge is 2.55. The average Bonchev–Trinajstić information content (AvgIpc) is 4.22. The van der Waals surface area contributed by atoms with Gasteiger partial charge in [0.15, 0.2) is 0 Å². The average molecular weight is 833 g/mol. The summed E-state index contributed by atoms with van der Waals surface area (Å²) in [5, 5.41) is 3.79. The van der Waals surface area contributed by atoms with E-state index in [1.54, 1.807) is 11.9 Å². The predicted molar refractivity (Wildman–Crippen MR) is 257 cm³/mol. The maximum Gasteiger partial charge on any atom is 0.292 e. The molecule has 12 rings (SSSR count). The smallest absolute Gasteiger partial charge is 0.292 e. The van der Waals surface area contributed by atoms with Crippen molar-refractivity contribution < 1.29 is 14.3 Å². The number of amides is 1. The van der Waals surface area contributed by atoms with Crippen LogP contribution < -0.4 is 10.2 Å². The molecule has 3 aromatic heterocycles. The number of ether oxygens (including phenoxy) is 2. The molecule has 0 atom stereocenters. The number of likely N-dealkylation sites (N-methyl/N-ethyl adjacent to an activating group) is 1. The third kappa shape index (κ3) is 6.12. The van der Waals surface area contributed by atoms with Crippen LogP contribution in [0.5, 0.6) is 0 Å². The third-order valence-corrected chi connectivity index (χ3v) is 12.4. The quantitative estimate of drug-likeness (QED) is 0.154. The standard InChI is InChI=1S/C55H40N6O3/c1-61-48-29-22-38(32-39(48)55(54(61)62)63-30-31-64-55)56-47-33-46-51(36-18-10-4-11-19-36)44-26-25-42(58-44)49(34-14-6-2-7-15-34)40-23-24-41(57-40)50(35-16-8-3-9-17-35)43-27-28-45(59-43)52(53(47)60-46)37-20-12-5-13-21-37/h2-29,32-33,56-57,60H,30-31H2,1H3. The zero-order chi connectivity index (χ0) is 42.8. The minimum Gasteiger partial charge on any atom is -0.354 e. The van der Waals surface area contributed by atoms with Gasteiger partial charge < -0.3 is 29.7 Å². The summed E-state index contributed by atoms with van der Waals surface area (Å²) < 4.78 is 12.1. The van der Waals surface area contributed by atoms with Crippen LogP contribution in [0.2, 0.25) is 0 Å². The number of anilines is 3. The predicted octanol–water partition coefficient (Wildman–Crippen LogP) is 12.2. The van der Waals surface area contributed by atoms with E-state index >= 15 is 0 Å². The topological polar surface area (TPSA) is 108 Å². The first-order valence-corrected chi connectivity index (χ1v) is 21.4. The zero-order valence-electron chi connectivity index (χ0n) is 34.8. The van der Waals surface area contributed by atoms with E-state index in [0.29, 0.717) is 18.8 Å². The lowest BCUT2D eigenvalue weighted by Crippen LogP contribution is -2.39. The highest BCUT2D eigenvalue weighted by molar-refractivity contribution is 6.07. The van der Waals surface area contributed by atoms with Gasteiger partial charge in [0, 0.05) is 51.6 Å². The van der Waals surface area contributed by atoms with Crippen LogP contribution in [-0.4, -0.2) is 46.1 Å². The van der Waals surface area contributed by atoms with Crippen molar-refractivity contribution in [3.63, 3.8) is 0 Å². The van der Waals surface area contributed by atoms with Gasteiger partial charge in [0.2, 0.25) is 0 Å². The molecule has 9 nitrogen and oxygen atoms in total. The number of carbonyl (C=O) groups is 1. The fourth-order valence-corrected chi connectivity index (χ4v) is 9.48. The maximum atomic E-state index is 13.6. The molecule has 0 radical (unpaired) electrons. The van der Waals surface area contributed by atoms with Crippen LogP contribution in [0.1, 0.15) is 28.3 Å². The van der Waals surface area contributed by atoms with Crippen molar-refractivity contribution in [2.45, 2.75) is 5.79 Å². The lowest BCUT2D eigenvalue weighted by atomic mass is 10.0. The van der Waals surface area contributed by atoms with Gasteiger partial charge in [0.1, 0.15) is 0 Å². The van der Waals surface area contributed by atoms with Gasteiger partial charge in [-0.3, -0.25) is 4.79 Å². The van der Waals surface area contributed by atoms with Gasteiger partial charge in [-0.05, 0) is 83.0 Å². The lowest BCUT2D eigenvalue weighted by molar-refractivity contribution is -0.180. The Morgan fingerprint density at radius 1 is 0.531 bits per heavy atom. The number of carbonyl (C=O) groups excluding carboxylic acids is 1. The zero-order valence-corrected chi connectivity index (χ0v) is 34.8. The molecule has 4 aliphatic rings. The Bertz CT molecular complexity index is 3390. The number of hydrogen-bond donors (Lipinski definition) is 3. The van der Waals surface area contributed by atoms with E-state index in [1.807, 2.05) is 42.5 Å². The van der Waals surface area contributed by atoms with E-state index < -0.39 is 5.79 Å². The number of hydrogen-bond acceptors (Lipinski definition) is 6. The molecular formula is C55H40N6O3. The normalized spacial score (nSPS) is 14.7. The van der Waals surface area contributed by atoms with Crippen molar-refractivity contribution in [2.24, 2.45) is 0 Å². The molecule has 8 bridgehead atoms. The highest BCUT2D eigenvalue weighted by Crippen LogP contribution is 2.47. The Labute approximate surface area is 369 Å². The Morgan fingerprint density at radius 3 is 1.48 bits per heavy atom. The molecule has 5 aromatic carbocycles. The monoisotopic (exact) mass is 832 g/mol. The Morgan fingerprint density at radius 2 is 0.984 bits per heavy atom. The molecule has 1 amide bonds. The summed E-state index contributed by atoms with van der Waals surface area (Å²) in [6.07, 6.45) is 8.44. The number of nitrogens with zero attached hydrogens (tertiary/aromatic N) is 3. The van der Waals surface area contributed by atoms with Crippen LogP contribution in [0.4, 0.5) is 17.1 Å². The maximum absolute atomic E-state index is 13.6. The molecule has 3 N–H and O–H groups in total. The molecule has 0 saturated carbocycles. The number of aromatic nitrogens is 4. The summed E-state index contributed by atoms with van der Waals surface area (Å²) in [4.78, 5) is 34.0. The number of H-pyrrole nitrogens is 2. The Hall–Kier alpha value is -8.11. The summed E-state index contributed by atoms with van der Waals surface area (Å²) in [5.41, 5.74) is 17.7. The minimum atomic E-state index is -1.47. The second kappa shape index (κ2) is 15.1. The molecule has 7 heterocycles. The second-order valence-electron chi connectivity index (χ2n) is 16.2. The molecule has 64 heavy (non-hydrogen) atoms. The molecule has 1 spiro atoms. The summed E-state index contributed by atoms with van der Waals surface area (Å²) in [5.74, 6) is -1.70. The van der Waals surface area contributed by atoms with Crippen molar-refractivity contribution in [2.75, 3.05) is 30.5 Å². The molecule has 1 saturated heterocycles. The van der Waals surface area contributed by atoms with Gasteiger partial charge in [0.05, 0.1) is 58.4 Å². The van der Waals surface area contributed by atoms with Gasteiger partial charge in [-0.2, -0.15) is 0 Å². The van der Waals surface area contributed by atoms with E-state index in [4.69, 9.17) is 19.4 Å². The van der Waals surface area contributed by atoms with Gasteiger partial charge >= 0.3 is 0 Å². The van der Waals surface area contributed by atoms with Gasteiger partial charge in [-0.1, -0.05) is 121 Å². The van der Waals surface area contributed by atoms with Crippen LogP contribution in [0.25, 0.3) is 90.9 Å². The van der Waals surface area contributed by atoms with Crippen LogP contribution in [-0.2, 0) is 20.1 Å². The first-order chi connectivity index (χ1) is 31.5. The summed E-state index contributed by atoms with van der Waals surface area (Å²) in [6.45, 7) is 0.668. The van der Waals surface area contributed by atoms with Crippen LogP contribution >= 0.6 is 0 Å². The Balaban J connectivity index is 1.22. The molecular weight excluding hydrogens is 793 g/mol. The first kappa shape index (κ1) is 37.6. The molecule has 0 aliphatic carbocycles. The van der Waals surface area contributed by atoms with Crippen molar-refractivity contribution in [3.05, 3.63) is 186 Å². The number of benzene rings is 5.